The minimum atomic E-state index is 0.000831. The van der Waals surface area contributed by atoms with Crippen molar-refractivity contribution in [1.82, 2.24) is 14.7 Å². The predicted molar refractivity (Wildman–Crippen MR) is 98.2 cm³/mol. The van der Waals surface area contributed by atoms with Gasteiger partial charge >= 0.3 is 0 Å². The number of aromatic nitrogens is 2. The summed E-state index contributed by atoms with van der Waals surface area (Å²) in [5.74, 6) is 1.60. The third-order valence-corrected chi connectivity index (χ3v) is 4.45. The fourth-order valence-electron chi connectivity index (χ4n) is 3.07. The molecule has 0 radical (unpaired) electrons. The van der Waals surface area contributed by atoms with Gasteiger partial charge in [-0.05, 0) is 31.2 Å². The van der Waals surface area contributed by atoms with Gasteiger partial charge in [0.25, 0.3) is 0 Å². The van der Waals surface area contributed by atoms with Gasteiger partial charge in [0.2, 0.25) is 5.91 Å². The average molecular weight is 343 g/mol. The molecule has 7 nitrogen and oxygen atoms in total. The van der Waals surface area contributed by atoms with Crippen molar-refractivity contribution in [1.29, 1.82) is 0 Å². The van der Waals surface area contributed by atoms with E-state index < -0.39 is 0 Å². The number of ether oxygens (including phenoxy) is 1. The number of nitrogens with one attached hydrogen (secondary N) is 1. The van der Waals surface area contributed by atoms with E-state index in [1.165, 1.54) is 5.69 Å². The average Bonchev–Trinajstić information content (AvgIpc) is 2.92. The van der Waals surface area contributed by atoms with Crippen molar-refractivity contribution in [2.24, 2.45) is 7.05 Å². The fourth-order valence-corrected chi connectivity index (χ4v) is 3.07. The van der Waals surface area contributed by atoms with Crippen LogP contribution in [0.5, 0.6) is 5.75 Å². The molecule has 1 saturated heterocycles. The third kappa shape index (κ3) is 4.30. The van der Waals surface area contributed by atoms with Gasteiger partial charge in [0.1, 0.15) is 11.6 Å². The van der Waals surface area contributed by atoms with Gasteiger partial charge in [-0.3, -0.25) is 14.4 Å². The second-order valence-electron chi connectivity index (χ2n) is 6.30. The number of nitrogens with zero attached hydrogens (tertiary/aromatic N) is 4. The lowest BCUT2D eigenvalue weighted by molar-refractivity contribution is -0.117. The smallest absolute Gasteiger partial charge is 0.239 e. The van der Waals surface area contributed by atoms with Crippen LogP contribution in [-0.2, 0) is 11.8 Å². The number of aryl methyl sites for hydroxylation is 2. The van der Waals surface area contributed by atoms with Crippen LogP contribution in [0.1, 0.15) is 5.69 Å². The van der Waals surface area contributed by atoms with Gasteiger partial charge in [-0.2, -0.15) is 5.10 Å². The van der Waals surface area contributed by atoms with Crippen LogP contribution in [-0.4, -0.2) is 60.4 Å². The van der Waals surface area contributed by atoms with Crippen molar-refractivity contribution in [3.8, 4) is 5.75 Å². The monoisotopic (exact) mass is 343 g/mol. The molecule has 3 rings (SSSR count). The number of benzene rings is 1. The van der Waals surface area contributed by atoms with Crippen molar-refractivity contribution < 1.29 is 9.53 Å². The molecule has 1 fully saturated rings. The molecule has 0 saturated carbocycles. The maximum atomic E-state index is 12.2. The number of carbonyl (C=O) groups is 1. The number of hydrogen-bond donors (Lipinski definition) is 1. The maximum absolute atomic E-state index is 12.2. The van der Waals surface area contributed by atoms with Crippen LogP contribution in [0, 0.1) is 6.92 Å². The van der Waals surface area contributed by atoms with Crippen LogP contribution >= 0.6 is 0 Å². The van der Waals surface area contributed by atoms with Crippen LogP contribution < -0.4 is 15.0 Å². The summed E-state index contributed by atoms with van der Waals surface area (Å²) < 4.78 is 6.89. The molecule has 134 valence electrons. The number of piperazine rings is 1. The molecule has 1 N–H and O–H groups in total. The van der Waals surface area contributed by atoms with Crippen molar-refractivity contribution in [3.63, 3.8) is 0 Å². The fraction of sp³-hybridized carbons (Fsp3) is 0.444. The SMILES string of the molecule is COc1ccc(N2CCN(CC(=O)Nc3cc(C)nn3C)CC2)cc1. The first kappa shape index (κ1) is 17.3. The number of carbonyl (C=O) groups excluding carboxylic acids is 1. The van der Waals surface area contributed by atoms with Crippen LogP contribution in [0.25, 0.3) is 0 Å². The highest BCUT2D eigenvalue weighted by molar-refractivity contribution is 5.91. The summed E-state index contributed by atoms with van der Waals surface area (Å²) in [7, 11) is 3.50. The van der Waals surface area contributed by atoms with E-state index in [9.17, 15) is 4.79 Å². The Morgan fingerprint density at radius 3 is 2.44 bits per heavy atom. The highest BCUT2D eigenvalue weighted by Crippen LogP contribution is 2.20. The summed E-state index contributed by atoms with van der Waals surface area (Å²) in [5.41, 5.74) is 2.08. The topological polar surface area (TPSA) is 62.6 Å². The van der Waals surface area contributed by atoms with Gasteiger partial charge in [-0.25, -0.2) is 0 Å². The number of rotatable bonds is 5. The summed E-state index contributed by atoms with van der Waals surface area (Å²) in [6.07, 6.45) is 0. The van der Waals surface area contributed by atoms with Gasteiger partial charge < -0.3 is 15.0 Å². The maximum Gasteiger partial charge on any atom is 0.239 e. The molecular weight excluding hydrogens is 318 g/mol. The molecule has 0 unspecified atom stereocenters. The zero-order valence-electron chi connectivity index (χ0n) is 15.0. The molecule has 0 aliphatic carbocycles. The van der Waals surface area contributed by atoms with E-state index in [0.29, 0.717) is 6.54 Å². The minimum absolute atomic E-state index is 0.000831. The molecular formula is C18H25N5O2. The standard InChI is InChI=1S/C18H25N5O2/c1-14-12-17(21(2)20-14)19-18(24)13-22-8-10-23(11-9-22)15-4-6-16(25-3)7-5-15/h4-7,12H,8-11,13H2,1-3H3,(H,19,24). The zero-order chi connectivity index (χ0) is 17.8. The van der Waals surface area contributed by atoms with E-state index in [2.05, 4.69) is 32.3 Å². The normalized spacial score (nSPS) is 15.2. The summed E-state index contributed by atoms with van der Waals surface area (Å²) in [5, 5.41) is 7.17. The summed E-state index contributed by atoms with van der Waals surface area (Å²) >= 11 is 0. The Kier molecular flexibility index (Phi) is 5.23. The van der Waals surface area contributed by atoms with Gasteiger partial charge in [0.05, 0.1) is 19.3 Å². The van der Waals surface area contributed by atoms with Crippen LogP contribution in [0.2, 0.25) is 0 Å². The molecule has 7 heteroatoms. The Balaban J connectivity index is 1.48. The molecule has 0 spiro atoms. The lowest BCUT2D eigenvalue weighted by Crippen LogP contribution is -2.48. The number of hydrogen-bond acceptors (Lipinski definition) is 5. The highest BCUT2D eigenvalue weighted by Gasteiger charge is 2.19. The van der Waals surface area contributed by atoms with E-state index in [1.807, 2.05) is 32.2 Å². The van der Waals surface area contributed by atoms with E-state index in [4.69, 9.17) is 4.74 Å². The van der Waals surface area contributed by atoms with Gasteiger partial charge in [0, 0.05) is 45.0 Å². The number of anilines is 2. The Labute approximate surface area is 148 Å². The molecule has 1 aliphatic heterocycles. The lowest BCUT2D eigenvalue weighted by atomic mass is 10.2. The first-order valence-electron chi connectivity index (χ1n) is 8.47. The molecule has 0 bridgehead atoms. The summed E-state index contributed by atoms with van der Waals surface area (Å²) in [6.45, 7) is 5.86. The number of amides is 1. The predicted octanol–water partition coefficient (Wildman–Crippen LogP) is 1.50. The quantitative estimate of drug-likeness (QED) is 0.891. The second kappa shape index (κ2) is 7.57. The molecule has 25 heavy (non-hydrogen) atoms. The Morgan fingerprint density at radius 1 is 1.20 bits per heavy atom. The van der Waals surface area contributed by atoms with Crippen molar-refractivity contribution in [2.45, 2.75) is 6.92 Å². The molecule has 1 aromatic heterocycles. The van der Waals surface area contributed by atoms with Crippen molar-refractivity contribution in [3.05, 3.63) is 36.0 Å². The van der Waals surface area contributed by atoms with E-state index in [0.717, 1.165) is 43.4 Å². The molecule has 1 aromatic carbocycles. The van der Waals surface area contributed by atoms with Gasteiger partial charge in [-0.1, -0.05) is 0 Å². The third-order valence-electron chi connectivity index (χ3n) is 4.45. The lowest BCUT2D eigenvalue weighted by Gasteiger charge is -2.35. The van der Waals surface area contributed by atoms with E-state index in [1.54, 1.807) is 11.8 Å². The summed E-state index contributed by atoms with van der Waals surface area (Å²) in [4.78, 5) is 16.8. The number of methoxy groups -OCH3 is 1. The molecule has 1 amide bonds. The van der Waals surface area contributed by atoms with Gasteiger partial charge in [0.15, 0.2) is 0 Å². The molecule has 2 heterocycles. The van der Waals surface area contributed by atoms with Crippen LogP contribution in [0.15, 0.2) is 30.3 Å². The van der Waals surface area contributed by atoms with Crippen LogP contribution in [0.4, 0.5) is 11.5 Å². The highest BCUT2D eigenvalue weighted by atomic mass is 16.5. The minimum Gasteiger partial charge on any atom is -0.497 e. The largest absolute Gasteiger partial charge is 0.497 e. The van der Waals surface area contributed by atoms with E-state index in [-0.39, 0.29) is 5.91 Å². The van der Waals surface area contributed by atoms with Crippen molar-refractivity contribution in [2.75, 3.05) is 50.1 Å². The Morgan fingerprint density at radius 2 is 1.88 bits per heavy atom. The molecule has 1 aliphatic rings. The van der Waals surface area contributed by atoms with Crippen LogP contribution in [0.3, 0.4) is 0 Å². The van der Waals surface area contributed by atoms with Gasteiger partial charge in [-0.15, -0.1) is 0 Å². The Bertz CT molecular complexity index is 718. The first-order valence-corrected chi connectivity index (χ1v) is 8.47. The molecule has 0 atom stereocenters. The van der Waals surface area contributed by atoms with Crippen molar-refractivity contribution >= 4 is 17.4 Å². The summed E-state index contributed by atoms with van der Waals surface area (Å²) in [6, 6.07) is 9.98. The Hall–Kier alpha value is -2.54. The van der Waals surface area contributed by atoms with E-state index >= 15 is 0 Å². The second-order valence-corrected chi connectivity index (χ2v) is 6.30. The zero-order valence-corrected chi connectivity index (χ0v) is 15.0. The molecule has 2 aromatic rings. The first-order chi connectivity index (χ1) is 12.0.